The molecular formula is C54H37N3. The molecule has 0 spiro atoms. The summed E-state index contributed by atoms with van der Waals surface area (Å²) in [6.07, 6.45) is 1.22. The van der Waals surface area contributed by atoms with Gasteiger partial charge in [-0.1, -0.05) is 182 Å². The fourth-order valence-corrected chi connectivity index (χ4v) is 10.0. The first-order valence-corrected chi connectivity index (χ1v) is 20.0. The maximum absolute atomic E-state index is 5.07. The molecular weight excluding hydrogens is 691 g/mol. The summed E-state index contributed by atoms with van der Waals surface area (Å²) in [4.78, 5) is 15.2. The first-order chi connectivity index (χ1) is 28.1. The number of fused-ring (bicyclic) bond motifs is 2. The molecule has 3 nitrogen and oxygen atoms in total. The van der Waals surface area contributed by atoms with Crippen LogP contribution in [-0.2, 0) is 0 Å². The van der Waals surface area contributed by atoms with Crippen molar-refractivity contribution in [1.29, 1.82) is 0 Å². The predicted octanol–water partition coefficient (Wildman–Crippen LogP) is 13.4. The molecule has 8 aromatic carbocycles. The number of hydrogen-bond acceptors (Lipinski definition) is 3. The number of aromatic nitrogens is 3. The van der Waals surface area contributed by atoms with E-state index in [2.05, 4.69) is 183 Å². The van der Waals surface area contributed by atoms with E-state index in [4.69, 9.17) is 15.0 Å². The lowest BCUT2D eigenvalue weighted by Gasteiger charge is -2.51. The Morgan fingerprint density at radius 1 is 0.386 bits per heavy atom. The van der Waals surface area contributed by atoms with Gasteiger partial charge in [0.25, 0.3) is 0 Å². The maximum Gasteiger partial charge on any atom is 0.164 e. The van der Waals surface area contributed by atoms with Gasteiger partial charge in [-0.15, -0.1) is 0 Å². The lowest BCUT2D eigenvalue weighted by Crippen LogP contribution is -2.36. The molecule has 3 atom stereocenters. The van der Waals surface area contributed by atoms with Crippen LogP contribution in [0.3, 0.4) is 0 Å². The van der Waals surface area contributed by atoms with Crippen LogP contribution in [0.15, 0.2) is 187 Å². The van der Waals surface area contributed by atoms with E-state index < -0.39 is 0 Å². The molecule has 0 amide bonds. The predicted molar refractivity (Wildman–Crippen MR) is 233 cm³/mol. The highest BCUT2D eigenvalue weighted by Gasteiger charge is 2.49. The molecule has 0 saturated carbocycles. The minimum absolute atomic E-state index is 0.370. The number of allylic oxidation sites excluding steroid dienone is 2. The Labute approximate surface area is 332 Å². The second kappa shape index (κ2) is 12.5. The fraction of sp³-hybridized carbons (Fsp3) is 0.0926. The van der Waals surface area contributed by atoms with E-state index in [1.807, 2.05) is 0 Å². The van der Waals surface area contributed by atoms with Crippen molar-refractivity contribution in [3.05, 3.63) is 209 Å². The molecule has 3 heteroatoms. The summed E-state index contributed by atoms with van der Waals surface area (Å²) in [7, 11) is 0. The average molecular weight is 728 g/mol. The van der Waals surface area contributed by atoms with Gasteiger partial charge in [0.15, 0.2) is 17.5 Å². The Balaban J connectivity index is 0.893. The third-order valence-electron chi connectivity index (χ3n) is 12.8. The summed E-state index contributed by atoms with van der Waals surface area (Å²) >= 11 is 0. The standard InChI is InChI=1S/C54H37N3/c1-32-29-47-48(32)50-44-13-6-7-14-45(44)51(47)49-43(15-8-16-46(49)50)37-23-17-35(18-24-37)36-19-25-38(26-20-36)52-55-53(41-27-21-33-9-2-4-11-39(33)30-41)57-54(56-52)42-28-22-34-10-3-5-12-40(34)31-42/h2-28,30-32,50-51H,29H2,1H3/t32?,50-,51?/m1/s1. The van der Waals surface area contributed by atoms with Gasteiger partial charge in [0.1, 0.15) is 0 Å². The molecule has 1 aromatic heterocycles. The van der Waals surface area contributed by atoms with Crippen LogP contribution >= 0.6 is 0 Å². The molecule has 0 radical (unpaired) electrons. The number of rotatable bonds is 5. The summed E-state index contributed by atoms with van der Waals surface area (Å²) < 4.78 is 0. The van der Waals surface area contributed by atoms with Gasteiger partial charge in [0, 0.05) is 28.5 Å². The smallest absolute Gasteiger partial charge is 0.164 e. The van der Waals surface area contributed by atoms with Crippen molar-refractivity contribution in [2.45, 2.75) is 25.2 Å². The lowest BCUT2D eigenvalue weighted by molar-refractivity contribution is 0.479. The molecule has 4 aliphatic rings. The van der Waals surface area contributed by atoms with Gasteiger partial charge >= 0.3 is 0 Å². The van der Waals surface area contributed by atoms with Crippen LogP contribution in [0.2, 0.25) is 0 Å². The highest BCUT2D eigenvalue weighted by Crippen LogP contribution is 2.64. The summed E-state index contributed by atoms with van der Waals surface area (Å²) in [6.45, 7) is 2.41. The minimum Gasteiger partial charge on any atom is -0.208 e. The van der Waals surface area contributed by atoms with E-state index in [0.717, 1.165) is 33.0 Å². The molecule has 13 rings (SSSR count). The van der Waals surface area contributed by atoms with Crippen LogP contribution in [0.5, 0.6) is 0 Å². The van der Waals surface area contributed by atoms with Crippen molar-refractivity contribution >= 4 is 21.5 Å². The van der Waals surface area contributed by atoms with E-state index in [1.54, 1.807) is 11.1 Å². The van der Waals surface area contributed by atoms with Crippen molar-refractivity contribution in [2.24, 2.45) is 5.92 Å². The molecule has 57 heavy (non-hydrogen) atoms. The molecule has 2 bridgehead atoms. The van der Waals surface area contributed by atoms with Crippen molar-refractivity contribution < 1.29 is 0 Å². The molecule has 1 heterocycles. The maximum atomic E-state index is 5.07. The van der Waals surface area contributed by atoms with E-state index in [-0.39, 0.29) is 0 Å². The molecule has 268 valence electrons. The SMILES string of the molecule is CC1CC2=C1[C@@H]1c3ccccc3C2c2c(-c3ccc(-c4ccc(-c5nc(-c6ccc7ccccc7c6)nc(-c6ccc7ccccc7c6)n5)cc4)cc3)cccc21. The summed E-state index contributed by atoms with van der Waals surface area (Å²) in [5.74, 6) is 3.42. The zero-order valence-electron chi connectivity index (χ0n) is 31.5. The van der Waals surface area contributed by atoms with Gasteiger partial charge in [0.2, 0.25) is 0 Å². The van der Waals surface area contributed by atoms with Crippen LogP contribution in [0.25, 0.3) is 78.0 Å². The Morgan fingerprint density at radius 2 is 0.842 bits per heavy atom. The number of nitrogens with zero attached hydrogens (tertiary/aromatic N) is 3. The van der Waals surface area contributed by atoms with Crippen molar-refractivity contribution in [3.8, 4) is 56.4 Å². The second-order valence-electron chi connectivity index (χ2n) is 16.0. The Bertz CT molecular complexity index is 3020. The van der Waals surface area contributed by atoms with Crippen LogP contribution in [0.4, 0.5) is 0 Å². The fourth-order valence-electron chi connectivity index (χ4n) is 10.0. The van der Waals surface area contributed by atoms with Gasteiger partial charge in [-0.25, -0.2) is 15.0 Å². The van der Waals surface area contributed by atoms with Crippen LogP contribution < -0.4 is 0 Å². The normalized spacial score (nSPS) is 17.6. The van der Waals surface area contributed by atoms with Crippen LogP contribution in [0.1, 0.15) is 47.4 Å². The highest BCUT2D eigenvalue weighted by molar-refractivity contribution is 5.88. The minimum atomic E-state index is 0.370. The quantitative estimate of drug-likeness (QED) is 0.166. The van der Waals surface area contributed by atoms with Crippen LogP contribution in [-0.4, -0.2) is 15.0 Å². The first kappa shape index (κ1) is 32.3. The van der Waals surface area contributed by atoms with Gasteiger partial charge < -0.3 is 0 Å². The van der Waals surface area contributed by atoms with E-state index in [1.165, 1.54) is 56.1 Å². The summed E-state index contributed by atoms with van der Waals surface area (Å²) in [6, 6.07) is 63.6. The number of hydrogen-bond donors (Lipinski definition) is 0. The second-order valence-corrected chi connectivity index (χ2v) is 16.0. The van der Waals surface area contributed by atoms with Crippen molar-refractivity contribution in [3.63, 3.8) is 0 Å². The average Bonchev–Trinajstić information content (AvgIpc) is 3.28. The van der Waals surface area contributed by atoms with Crippen LogP contribution in [0, 0.1) is 5.92 Å². The van der Waals surface area contributed by atoms with Gasteiger partial charge in [-0.05, 0) is 90.5 Å². The Kier molecular flexibility index (Phi) is 7.10. The van der Waals surface area contributed by atoms with Gasteiger partial charge in [-0.3, -0.25) is 0 Å². The summed E-state index contributed by atoms with van der Waals surface area (Å²) in [5.41, 5.74) is 17.3. The zero-order chi connectivity index (χ0) is 37.6. The highest BCUT2D eigenvalue weighted by atomic mass is 15.0. The Hall–Kier alpha value is -6.97. The topological polar surface area (TPSA) is 38.7 Å². The molecule has 2 unspecified atom stereocenters. The Morgan fingerprint density at radius 3 is 1.42 bits per heavy atom. The van der Waals surface area contributed by atoms with Crippen molar-refractivity contribution in [2.75, 3.05) is 0 Å². The van der Waals surface area contributed by atoms with Gasteiger partial charge in [-0.2, -0.15) is 0 Å². The van der Waals surface area contributed by atoms with E-state index in [0.29, 0.717) is 35.2 Å². The number of benzene rings is 8. The molecule has 4 aliphatic carbocycles. The lowest BCUT2D eigenvalue weighted by atomic mass is 9.52. The molecule has 0 saturated heterocycles. The third kappa shape index (κ3) is 5.09. The molecule has 0 fully saturated rings. The molecule has 0 aliphatic heterocycles. The van der Waals surface area contributed by atoms with Crippen molar-refractivity contribution in [1.82, 2.24) is 15.0 Å². The molecule has 0 N–H and O–H groups in total. The van der Waals surface area contributed by atoms with E-state index in [9.17, 15) is 0 Å². The first-order valence-electron chi connectivity index (χ1n) is 20.0. The monoisotopic (exact) mass is 727 g/mol. The third-order valence-corrected chi connectivity index (χ3v) is 12.8. The van der Waals surface area contributed by atoms with E-state index >= 15 is 0 Å². The molecule has 9 aromatic rings. The summed E-state index contributed by atoms with van der Waals surface area (Å²) in [5, 5.41) is 4.69. The largest absolute Gasteiger partial charge is 0.208 e. The zero-order valence-corrected chi connectivity index (χ0v) is 31.5. The van der Waals surface area contributed by atoms with Gasteiger partial charge in [0.05, 0.1) is 0 Å².